The maximum atomic E-state index is 6.03. The van der Waals surface area contributed by atoms with E-state index < -0.39 is 0 Å². The maximum Gasteiger partial charge on any atom is 0.232 e. The molecule has 6 heteroatoms. The van der Waals surface area contributed by atoms with E-state index in [0.29, 0.717) is 18.3 Å². The van der Waals surface area contributed by atoms with Crippen LogP contribution in [-0.4, -0.2) is 34.3 Å². The lowest BCUT2D eigenvalue weighted by Crippen LogP contribution is -2.26. The second kappa shape index (κ2) is 6.54. The lowest BCUT2D eigenvalue weighted by atomic mass is 10.1. The summed E-state index contributed by atoms with van der Waals surface area (Å²) in [5.41, 5.74) is 6.03. The van der Waals surface area contributed by atoms with Crippen molar-refractivity contribution in [3.63, 3.8) is 0 Å². The summed E-state index contributed by atoms with van der Waals surface area (Å²) >= 11 is 1.84. The molecular weight excluding hydrogens is 250 g/mol. The molecule has 0 aromatic carbocycles. The van der Waals surface area contributed by atoms with Gasteiger partial charge in [0, 0.05) is 24.2 Å². The molecule has 1 aliphatic rings. The zero-order valence-corrected chi connectivity index (χ0v) is 11.8. The largest absolute Gasteiger partial charge is 0.370 e. The van der Waals surface area contributed by atoms with Gasteiger partial charge in [-0.3, -0.25) is 0 Å². The van der Waals surface area contributed by atoms with Crippen molar-refractivity contribution in [1.29, 1.82) is 0 Å². The highest BCUT2D eigenvalue weighted by Gasteiger charge is 2.31. The number of thioether (sulfide) groups is 1. The van der Waals surface area contributed by atoms with Gasteiger partial charge in [-0.15, -0.1) is 0 Å². The SMILES string of the molecule is CCCC(OCC)c1noc(C2CSCC2N)n1. The Hall–Kier alpha value is -0.590. The van der Waals surface area contributed by atoms with E-state index in [2.05, 4.69) is 17.1 Å². The lowest BCUT2D eigenvalue weighted by Gasteiger charge is -2.11. The minimum absolute atomic E-state index is 0.0530. The van der Waals surface area contributed by atoms with Crippen LogP contribution in [0.15, 0.2) is 4.52 Å². The summed E-state index contributed by atoms with van der Waals surface area (Å²) in [5, 5.41) is 4.06. The fourth-order valence-corrected chi connectivity index (χ4v) is 3.39. The van der Waals surface area contributed by atoms with Crippen molar-refractivity contribution in [1.82, 2.24) is 10.1 Å². The number of hydrogen-bond acceptors (Lipinski definition) is 6. The zero-order valence-electron chi connectivity index (χ0n) is 11.0. The Bertz CT molecular complexity index is 366. The minimum Gasteiger partial charge on any atom is -0.370 e. The van der Waals surface area contributed by atoms with Crippen LogP contribution in [0.25, 0.3) is 0 Å². The molecule has 1 saturated heterocycles. The molecule has 0 bridgehead atoms. The van der Waals surface area contributed by atoms with E-state index in [9.17, 15) is 0 Å². The summed E-state index contributed by atoms with van der Waals surface area (Å²) in [5.74, 6) is 3.46. The first kappa shape index (κ1) is 13.8. The normalized spacial score (nSPS) is 25.5. The highest BCUT2D eigenvalue weighted by molar-refractivity contribution is 7.99. The van der Waals surface area contributed by atoms with E-state index in [1.54, 1.807) is 0 Å². The van der Waals surface area contributed by atoms with Crippen LogP contribution >= 0.6 is 11.8 Å². The van der Waals surface area contributed by atoms with Gasteiger partial charge in [-0.2, -0.15) is 16.7 Å². The van der Waals surface area contributed by atoms with Crippen molar-refractivity contribution in [3.05, 3.63) is 11.7 Å². The molecule has 1 aliphatic heterocycles. The monoisotopic (exact) mass is 271 g/mol. The predicted octanol–water partition coefficient (Wildman–Crippen LogP) is 2.10. The summed E-state index contributed by atoms with van der Waals surface area (Å²) in [7, 11) is 0. The van der Waals surface area contributed by atoms with Crippen molar-refractivity contribution in [2.24, 2.45) is 5.73 Å². The summed E-state index contributed by atoms with van der Waals surface area (Å²) in [6.07, 6.45) is 1.90. The maximum absolute atomic E-state index is 6.03. The van der Waals surface area contributed by atoms with Gasteiger partial charge in [-0.25, -0.2) is 0 Å². The average Bonchev–Trinajstić information content (AvgIpc) is 2.97. The molecule has 2 N–H and O–H groups in total. The molecule has 0 spiro atoms. The van der Waals surface area contributed by atoms with Gasteiger partial charge in [0.2, 0.25) is 11.7 Å². The van der Waals surface area contributed by atoms with Crippen molar-refractivity contribution >= 4 is 11.8 Å². The minimum atomic E-state index is -0.0530. The van der Waals surface area contributed by atoms with Crippen LogP contribution in [0.2, 0.25) is 0 Å². The third-order valence-electron chi connectivity index (χ3n) is 3.11. The van der Waals surface area contributed by atoms with Gasteiger partial charge >= 0.3 is 0 Å². The molecule has 0 amide bonds. The Balaban J connectivity index is 2.08. The predicted molar refractivity (Wildman–Crippen MR) is 71.6 cm³/mol. The molecule has 0 aliphatic carbocycles. The zero-order chi connectivity index (χ0) is 13.0. The molecule has 3 atom stereocenters. The molecule has 1 aromatic heterocycles. The first-order chi connectivity index (χ1) is 8.76. The fraction of sp³-hybridized carbons (Fsp3) is 0.833. The Morgan fingerprint density at radius 3 is 2.94 bits per heavy atom. The molecule has 2 heterocycles. The van der Waals surface area contributed by atoms with Crippen LogP contribution in [0.4, 0.5) is 0 Å². The van der Waals surface area contributed by atoms with Crippen molar-refractivity contribution < 1.29 is 9.26 Å². The van der Waals surface area contributed by atoms with Gasteiger partial charge in [-0.05, 0) is 13.3 Å². The number of rotatable bonds is 6. The topological polar surface area (TPSA) is 74.2 Å². The molecule has 3 unspecified atom stereocenters. The van der Waals surface area contributed by atoms with Gasteiger partial charge in [-0.1, -0.05) is 18.5 Å². The van der Waals surface area contributed by atoms with Crippen LogP contribution in [0, 0.1) is 0 Å². The van der Waals surface area contributed by atoms with E-state index in [1.807, 2.05) is 18.7 Å². The van der Waals surface area contributed by atoms with Crippen molar-refractivity contribution in [3.8, 4) is 0 Å². The summed E-state index contributed by atoms with van der Waals surface area (Å²) in [4.78, 5) is 4.48. The van der Waals surface area contributed by atoms with Gasteiger partial charge in [0.15, 0.2) is 0 Å². The van der Waals surface area contributed by atoms with Crippen molar-refractivity contribution in [2.75, 3.05) is 18.1 Å². The van der Waals surface area contributed by atoms with Crippen LogP contribution in [-0.2, 0) is 4.74 Å². The number of nitrogens with zero attached hydrogens (tertiary/aromatic N) is 2. The molecule has 0 radical (unpaired) electrons. The molecule has 2 rings (SSSR count). The van der Waals surface area contributed by atoms with E-state index in [1.165, 1.54) is 0 Å². The Morgan fingerprint density at radius 1 is 1.50 bits per heavy atom. The van der Waals surface area contributed by atoms with E-state index >= 15 is 0 Å². The summed E-state index contributed by atoms with van der Waals surface area (Å²) in [6.45, 7) is 4.76. The lowest BCUT2D eigenvalue weighted by molar-refractivity contribution is 0.0477. The van der Waals surface area contributed by atoms with E-state index in [4.69, 9.17) is 15.0 Å². The first-order valence-electron chi connectivity index (χ1n) is 6.54. The molecule has 0 saturated carbocycles. The fourth-order valence-electron chi connectivity index (χ4n) is 2.10. The highest BCUT2D eigenvalue weighted by atomic mass is 32.2. The van der Waals surface area contributed by atoms with Crippen LogP contribution in [0.3, 0.4) is 0 Å². The number of hydrogen-bond donors (Lipinski definition) is 1. The Kier molecular flexibility index (Phi) is 5.03. The van der Waals surface area contributed by atoms with E-state index in [0.717, 1.165) is 24.3 Å². The Morgan fingerprint density at radius 2 is 2.33 bits per heavy atom. The standard InChI is InChI=1S/C12H21N3O2S/c1-3-5-10(16-4-2)11-14-12(17-15-11)8-6-18-7-9(8)13/h8-10H,3-7,13H2,1-2H3. The molecule has 102 valence electrons. The second-order valence-electron chi connectivity index (χ2n) is 4.53. The molecule has 1 fully saturated rings. The summed E-state index contributed by atoms with van der Waals surface area (Å²) < 4.78 is 11.0. The van der Waals surface area contributed by atoms with E-state index in [-0.39, 0.29) is 18.1 Å². The molecule has 18 heavy (non-hydrogen) atoms. The third-order valence-corrected chi connectivity index (χ3v) is 4.32. The summed E-state index contributed by atoms with van der Waals surface area (Å²) in [6, 6.07) is 0.125. The van der Waals surface area contributed by atoms with Crippen LogP contribution in [0.5, 0.6) is 0 Å². The van der Waals surface area contributed by atoms with Gasteiger partial charge < -0.3 is 15.0 Å². The van der Waals surface area contributed by atoms with Gasteiger partial charge in [0.1, 0.15) is 6.10 Å². The van der Waals surface area contributed by atoms with Crippen LogP contribution in [0.1, 0.15) is 50.4 Å². The first-order valence-corrected chi connectivity index (χ1v) is 7.70. The van der Waals surface area contributed by atoms with Gasteiger partial charge in [0.05, 0.1) is 5.92 Å². The molecular formula is C12H21N3O2S. The van der Waals surface area contributed by atoms with Gasteiger partial charge in [0.25, 0.3) is 0 Å². The second-order valence-corrected chi connectivity index (χ2v) is 5.61. The quantitative estimate of drug-likeness (QED) is 0.854. The highest BCUT2D eigenvalue weighted by Crippen LogP contribution is 2.31. The third kappa shape index (κ3) is 3.05. The smallest absolute Gasteiger partial charge is 0.232 e. The number of ether oxygens (including phenoxy) is 1. The Labute approximate surface area is 112 Å². The molecule has 5 nitrogen and oxygen atoms in total. The van der Waals surface area contributed by atoms with Crippen LogP contribution < -0.4 is 5.73 Å². The number of nitrogens with two attached hydrogens (primary N) is 1. The molecule has 1 aromatic rings. The van der Waals surface area contributed by atoms with Crippen molar-refractivity contribution in [2.45, 2.75) is 44.8 Å². The number of aromatic nitrogens is 2. The average molecular weight is 271 g/mol.